The molecule has 1 fully saturated rings. The Morgan fingerprint density at radius 3 is 2.17 bits per heavy atom. The first kappa shape index (κ1) is 15.1. The molecule has 0 unspecified atom stereocenters. The van der Waals surface area contributed by atoms with Crippen LogP contribution in [0.1, 0.15) is 33.6 Å². The van der Waals surface area contributed by atoms with Gasteiger partial charge in [0.15, 0.2) is 0 Å². The zero-order chi connectivity index (χ0) is 13.9. The van der Waals surface area contributed by atoms with E-state index < -0.39 is 11.0 Å². The number of nitrogens with zero attached hydrogens (tertiary/aromatic N) is 2. The van der Waals surface area contributed by atoms with E-state index in [0.29, 0.717) is 13.1 Å². The van der Waals surface area contributed by atoms with E-state index in [-0.39, 0.29) is 12.1 Å². The fourth-order valence-electron chi connectivity index (χ4n) is 1.91. The van der Waals surface area contributed by atoms with Gasteiger partial charge < -0.3 is 14.5 Å². The van der Waals surface area contributed by atoms with E-state index in [0.717, 1.165) is 12.8 Å². The van der Waals surface area contributed by atoms with E-state index in [1.165, 1.54) is 0 Å². The van der Waals surface area contributed by atoms with E-state index in [4.69, 9.17) is 16.3 Å². The first-order valence-corrected chi connectivity index (χ1v) is 6.49. The van der Waals surface area contributed by atoms with E-state index >= 15 is 0 Å². The molecule has 1 saturated heterocycles. The monoisotopic (exact) mass is 276 g/mol. The molecule has 0 bridgehead atoms. The van der Waals surface area contributed by atoms with Gasteiger partial charge in [0.25, 0.3) is 0 Å². The predicted molar refractivity (Wildman–Crippen MR) is 69.8 cm³/mol. The molecule has 0 aliphatic carbocycles. The number of piperidine rings is 1. The van der Waals surface area contributed by atoms with Crippen LogP contribution in [0.25, 0.3) is 0 Å². The van der Waals surface area contributed by atoms with Crippen molar-refractivity contribution in [2.75, 3.05) is 20.1 Å². The van der Waals surface area contributed by atoms with Crippen LogP contribution in [0.15, 0.2) is 0 Å². The van der Waals surface area contributed by atoms with Crippen molar-refractivity contribution in [1.82, 2.24) is 9.80 Å². The summed E-state index contributed by atoms with van der Waals surface area (Å²) in [5.74, 6) is 0. The van der Waals surface area contributed by atoms with Crippen LogP contribution in [0.2, 0.25) is 0 Å². The minimum absolute atomic E-state index is 0.104. The van der Waals surface area contributed by atoms with Crippen molar-refractivity contribution >= 4 is 23.1 Å². The first-order valence-electron chi connectivity index (χ1n) is 6.11. The van der Waals surface area contributed by atoms with Crippen molar-refractivity contribution in [1.29, 1.82) is 0 Å². The summed E-state index contributed by atoms with van der Waals surface area (Å²) in [5, 5.41) is -0.423. The Kier molecular flexibility index (Phi) is 4.85. The molecule has 5 nitrogen and oxygen atoms in total. The van der Waals surface area contributed by atoms with Crippen molar-refractivity contribution in [3.8, 4) is 0 Å². The fourth-order valence-corrected chi connectivity index (χ4v) is 2.08. The number of carbonyl (C=O) groups excluding carboxylic acids is 2. The molecule has 1 aliphatic heterocycles. The lowest BCUT2D eigenvalue weighted by Crippen LogP contribution is -2.47. The predicted octanol–water partition coefficient (Wildman–Crippen LogP) is 2.68. The van der Waals surface area contributed by atoms with Crippen LogP contribution >= 0.6 is 11.6 Å². The molecular weight excluding hydrogens is 256 g/mol. The van der Waals surface area contributed by atoms with Crippen LogP contribution in [0.4, 0.5) is 9.59 Å². The number of hydrogen-bond acceptors (Lipinski definition) is 3. The van der Waals surface area contributed by atoms with Gasteiger partial charge >= 0.3 is 11.5 Å². The van der Waals surface area contributed by atoms with Crippen LogP contribution in [-0.4, -0.2) is 53.0 Å². The SMILES string of the molecule is CN(C(=O)OC(C)(C)C)C1CCN(C(=O)Cl)CC1. The third kappa shape index (κ3) is 4.37. The molecule has 0 saturated carbocycles. The topological polar surface area (TPSA) is 49.9 Å². The van der Waals surface area contributed by atoms with E-state index in [2.05, 4.69) is 0 Å². The second-order valence-corrected chi connectivity index (χ2v) is 5.89. The molecule has 18 heavy (non-hydrogen) atoms. The van der Waals surface area contributed by atoms with Gasteiger partial charge in [0.2, 0.25) is 0 Å². The molecule has 0 aromatic carbocycles. The van der Waals surface area contributed by atoms with E-state index in [1.54, 1.807) is 16.8 Å². The molecule has 1 rings (SSSR count). The van der Waals surface area contributed by atoms with Gasteiger partial charge in [-0.15, -0.1) is 0 Å². The highest BCUT2D eigenvalue weighted by Gasteiger charge is 2.29. The van der Waals surface area contributed by atoms with Crippen molar-refractivity contribution in [3.05, 3.63) is 0 Å². The summed E-state index contributed by atoms with van der Waals surface area (Å²) in [5.41, 5.74) is -0.488. The van der Waals surface area contributed by atoms with Crippen molar-refractivity contribution < 1.29 is 14.3 Å². The highest BCUT2D eigenvalue weighted by atomic mass is 35.5. The highest BCUT2D eigenvalue weighted by Crippen LogP contribution is 2.19. The largest absolute Gasteiger partial charge is 0.444 e. The lowest BCUT2D eigenvalue weighted by Gasteiger charge is -2.36. The fraction of sp³-hybridized carbons (Fsp3) is 0.833. The third-order valence-electron chi connectivity index (χ3n) is 2.94. The Morgan fingerprint density at radius 2 is 1.78 bits per heavy atom. The average Bonchev–Trinajstić information content (AvgIpc) is 2.26. The number of amides is 2. The Labute approximate surface area is 113 Å². The Bertz CT molecular complexity index is 320. The van der Waals surface area contributed by atoms with E-state index in [1.807, 2.05) is 20.8 Å². The molecule has 0 aromatic rings. The summed E-state index contributed by atoms with van der Waals surface area (Å²) in [6.45, 7) is 6.69. The lowest BCUT2D eigenvalue weighted by atomic mass is 10.0. The lowest BCUT2D eigenvalue weighted by molar-refractivity contribution is 0.0171. The number of rotatable bonds is 1. The minimum Gasteiger partial charge on any atom is -0.444 e. The molecule has 1 aliphatic rings. The van der Waals surface area contributed by atoms with Gasteiger partial charge in [0, 0.05) is 26.2 Å². The zero-order valence-corrected chi connectivity index (χ0v) is 12.2. The molecular formula is C12H21ClN2O3. The summed E-state index contributed by atoms with van der Waals surface area (Å²) in [4.78, 5) is 26.1. The molecule has 0 spiro atoms. The van der Waals surface area contributed by atoms with Crippen LogP contribution in [0, 0.1) is 0 Å². The number of carbonyl (C=O) groups is 2. The molecule has 0 aromatic heterocycles. The molecule has 0 radical (unpaired) electrons. The Hall–Kier alpha value is -0.970. The first-order chi connectivity index (χ1) is 8.20. The second-order valence-electron chi connectivity index (χ2n) is 5.56. The van der Waals surface area contributed by atoms with Crippen molar-refractivity contribution in [3.63, 3.8) is 0 Å². The van der Waals surface area contributed by atoms with Gasteiger partial charge in [-0.2, -0.15) is 0 Å². The van der Waals surface area contributed by atoms with Gasteiger partial charge in [-0.3, -0.25) is 4.79 Å². The summed E-state index contributed by atoms with van der Waals surface area (Å²) < 4.78 is 5.31. The summed E-state index contributed by atoms with van der Waals surface area (Å²) >= 11 is 5.42. The molecule has 0 N–H and O–H groups in total. The van der Waals surface area contributed by atoms with Crippen LogP contribution in [0.3, 0.4) is 0 Å². The van der Waals surface area contributed by atoms with Crippen LogP contribution < -0.4 is 0 Å². The second kappa shape index (κ2) is 5.78. The number of ether oxygens (including phenoxy) is 1. The maximum atomic E-state index is 11.9. The van der Waals surface area contributed by atoms with Crippen molar-refractivity contribution in [2.45, 2.75) is 45.3 Å². The van der Waals surface area contributed by atoms with Gasteiger partial charge in [0.1, 0.15) is 5.60 Å². The van der Waals surface area contributed by atoms with Gasteiger partial charge in [-0.05, 0) is 45.2 Å². The maximum absolute atomic E-state index is 11.9. The average molecular weight is 277 g/mol. The molecule has 104 valence electrons. The summed E-state index contributed by atoms with van der Waals surface area (Å²) in [7, 11) is 1.73. The summed E-state index contributed by atoms with van der Waals surface area (Å²) in [6, 6.07) is 0.104. The third-order valence-corrected chi connectivity index (χ3v) is 3.18. The maximum Gasteiger partial charge on any atom is 0.410 e. The summed E-state index contributed by atoms with van der Waals surface area (Å²) in [6.07, 6.45) is 1.14. The number of likely N-dealkylation sites (tertiary alicyclic amines) is 1. The van der Waals surface area contributed by atoms with Gasteiger partial charge in [-0.1, -0.05) is 0 Å². The highest BCUT2D eigenvalue weighted by molar-refractivity contribution is 6.62. The molecule has 2 amide bonds. The van der Waals surface area contributed by atoms with Gasteiger partial charge in [0.05, 0.1) is 0 Å². The smallest absolute Gasteiger partial charge is 0.410 e. The van der Waals surface area contributed by atoms with Crippen LogP contribution in [-0.2, 0) is 4.74 Å². The number of hydrogen-bond donors (Lipinski definition) is 0. The molecule has 0 atom stereocenters. The quantitative estimate of drug-likeness (QED) is 0.546. The van der Waals surface area contributed by atoms with Crippen molar-refractivity contribution in [2.24, 2.45) is 0 Å². The Morgan fingerprint density at radius 1 is 1.28 bits per heavy atom. The molecule has 6 heteroatoms. The number of halogens is 1. The zero-order valence-electron chi connectivity index (χ0n) is 11.4. The van der Waals surface area contributed by atoms with Gasteiger partial charge in [-0.25, -0.2) is 4.79 Å². The Balaban J connectivity index is 2.47. The van der Waals surface area contributed by atoms with E-state index in [9.17, 15) is 9.59 Å². The minimum atomic E-state index is -0.488. The standard InChI is InChI=1S/C12H21ClN2O3/c1-12(2,3)18-11(17)14(4)9-5-7-15(8-6-9)10(13)16/h9H,5-8H2,1-4H3. The normalized spacial score (nSPS) is 17.5. The van der Waals surface area contributed by atoms with Crippen LogP contribution in [0.5, 0.6) is 0 Å². The molecule has 1 heterocycles.